The van der Waals surface area contributed by atoms with Crippen molar-refractivity contribution in [1.82, 2.24) is 4.90 Å². The lowest BCUT2D eigenvalue weighted by Crippen LogP contribution is -2.32. The highest BCUT2D eigenvalue weighted by atomic mass is 79.9. The highest BCUT2D eigenvalue weighted by molar-refractivity contribution is 9.10. The topological polar surface area (TPSA) is 29.3 Å². The fourth-order valence-corrected chi connectivity index (χ4v) is 3.55. The van der Waals surface area contributed by atoms with E-state index in [1.165, 1.54) is 9.35 Å². The molecule has 2 N–H and O–H groups in total. The molecule has 4 heteroatoms. The monoisotopic (exact) mass is 290 g/mol. The molecule has 15 heavy (non-hydrogen) atoms. The third kappa shape index (κ3) is 3.55. The summed E-state index contributed by atoms with van der Waals surface area (Å²) in [7, 11) is 2.14. The average molecular weight is 291 g/mol. The van der Waals surface area contributed by atoms with E-state index >= 15 is 0 Å². The van der Waals surface area contributed by atoms with Crippen LogP contribution in [-0.2, 0) is 0 Å². The molecule has 1 unspecified atom stereocenters. The van der Waals surface area contributed by atoms with E-state index in [1.807, 2.05) is 0 Å². The van der Waals surface area contributed by atoms with Crippen LogP contribution in [0.1, 0.15) is 24.8 Å². The molecule has 0 aromatic carbocycles. The van der Waals surface area contributed by atoms with Gasteiger partial charge in [0.1, 0.15) is 0 Å². The molecule has 0 saturated carbocycles. The van der Waals surface area contributed by atoms with Gasteiger partial charge in [-0.15, -0.1) is 11.3 Å². The maximum atomic E-state index is 5.85. The van der Waals surface area contributed by atoms with Crippen molar-refractivity contribution < 1.29 is 0 Å². The van der Waals surface area contributed by atoms with Crippen LogP contribution < -0.4 is 5.73 Å². The summed E-state index contributed by atoms with van der Waals surface area (Å²) in [6.07, 6.45) is 0. The van der Waals surface area contributed by atoms with Gasteiger partial charge < -0.3 is 5.73 Å². The number of halogens is 1. The van der Waals surface area contributed by atoms with Gasteiger partial charge in [0.2, 0.25) is 0 Å². The third-order valence-electron chi connectivity index (χ3n) is 2.36. The molecule has 1 aromatic rings. The number of likely N-dealkylation sites (N-methyl/N-ethyl adjacent to an activating group) is 1. The Kier molecular flexibility index (Phi) is 5.26. The van der Waals surface area contributed by atoms with Crippen LogP contribution in [0.4, 0.5) is 0 Å². The van der Waals surface area contributed by atoms with Crippen molar-refractivity contribution in [2.45, 2.75) is 19.9 Å². The molecular formula is C11H19BrN2S. The van der Waals surface area contributed by atoms with Crippen LogP contribution in [0, 0.1) is 5.92 Å². The van der Waals surface area contributed by atoms with Crippen LogP contribution in [-0.4, -0.2) is 25.0 Å². The van der Waals surface area contributed by atoms with Gasteiger partial charge in [-0.25, -0.2) is 0 Å². The van der Waals surface area contributed by atoms with Gasteiger partial charge in [-0.2, -0.15) is 0 Å². The second kappa shape index (κ2) is 5.99. The van der Waals surface area contributed by atoms with E-state index in [-0.39, 0.29) is 0 Å². The van der Waals surface area contributed by atoms with Crippen LogP contribution in [0.3, 0.4) is 0 Å². The Labute approximate surface area is 105 Å². The van der Waals surface area contributed by atoms with Crippen LogP contribution >= 0.6 is 27.3 Å². The molecule has 1 aromatic heterocycles. The number of hydrogen-bond donors (Lipinski definition) is 1. The van der Waals surface area contributed by atoms with E-state index in [2.05, 4.69) is 53.2 Å². The van der Waals surface area contributed by atoms with Gasteiger partial charge in [0.05, 0.1) is 6.04 Å². The SMILES string of the molecule is CC(C)CN(C)C(CN)c1sccc1Br. The van der Waals surface area contributed by atoms with Gasteiger partial charge in [-0.3, -0.25) is 4.90 Å². The normalized spacial score (nSPS) is 13.8. The maximum Gasteiger partial charge on any atom is 0.0573 e. The molecule has 86 valence electrons. The van der Waals surface area contributed by atoms with E-state index in [1.54, 1.807) is 11.3 Å². The molecule has 1 atom stereocenters. The Morgan fingerprint density at radius 1 is 1.53 bits per heavy atom. The Hall–Kier alpha value is 0.100. The Morgan fingerprint density at radius 2 is 2.20 bits per heavy atom. The lowest BCUT2D eigenvalue weighted by Gasteiger charge is -2.28. The first-order chi connectivity index (χ1) is 7.06. The number of nitrogens with two attached hydrogens (primary N) is 1. The summed E-state index contributed by atoms with van der Waals surface area (Å²) in [5.74, 6) is 0.669. The summed E-state index contributed by atoms with van der Waals surface area (Å²) in [6, 6.07) is 2.42. The number of hydrogen-bond acceptors (Lipinski definition) is 3. The van der Waals surface area contributed by atoms with Crippen molar-refractivity contribution in [1.29, 1.82) is 0 Å². The molecule has 0 aliphatic carbocycles. The Morgan fingerprint density at radius 3 is 2.60 bits per heavy atom. The predicted octanol–water partition coefficient (Wildman–Crippen LogP) is 3.10. The van der Waals surface area contributed by atoms with E-state index in [9.17, 15) is 0 Å². The molecule has 1 heterocycles. The zero-order chi connectivity index (χ0) is 11.4. The van der Waals surface area contributed by atoms with Crippen LogP contribution in [0.2, 0.25) is 0 Å². The predicted molar refractivity (Wildman–Crippen MR) is 71.3 cm³/mol. The second-order valence-corrected chi connectivity index (χ2v) is 6.02. The van der Waals surface area contributed by atoms with Gasteiger partial charge in [0, 0.05) is 22.4 Å². The van der Waals surface area contributed by atoms with E-state index in [4.69, 9.17) is 5.73 Å². The standard InChI is InChI=1S/C11H19BrN2S/c1-8(2)7-14(3)10(6-13)11-9(12)4-5-15-11/h4-5,8,10H,6-7,13H2,1-3H3. The minimum absolute atomic E-state index is 0.335. The Bertz CT molecular complexity index is 299. The van der Waals surface area contributed by atoms with Crippen molar-refractivity contribution in [3.05, 3.63) is 20.8 Å². The zero-order valence-corrected chi connectivity index (χ0v) is 11.9. The number of nitrogens with zero attached hydrogens (tertiary/aromatic N) is 1. The fourth-order valence-electron chi connectivity index (χ4n) is 1.73. The van der Waals surface area contributed by atoms with Crippen LogP contribution in [0.25, 0.3) is 0 Å². The van der Waals surface area contributed by atoms with E-state index in [0.717, 1.165) is 6.54 Å². The first-order valence-corrected chi connectivity index (χ1v) is 6.86. The summed E-state index contributed by atoms with van der Waals surface area (Å²) in [6.45, 7) is 6.20. The quantitative estimate of drug-likeness (QED) is 0.903. The molecule has 0 radical (unpaired) electrons. The molecular weight excluding hydrogens is 272 g/mol. The molecule has 0 saturated heterocycles. The fraction of sp³-hybridized carbons (Fsp3) is 0.636. The maximum absolute atomic E-state index is 5.85. The van der Waals surface area contributed by atoms with Gasteiger partial charge in [-0.05, 0) is 40.3 Å². The van der Waals surface area contributed by atoms with Gasteiger partial charge >= 0.3 is 0 Å². The summed E-state index contributed by atoms with van der Waals surface area (Å²) in [5.41, 5.74) is 5.85. The summed E-state index contributed by atoms with van der Waals surface area (Å²) in [5, 5.41) is 2.10. The van der Waals surface area contributed by atoms with E-state index < -0.39 is 0 Å². The molecule has 0 aliphatic rings. The van der Waals surface area contributed by atoms with E-state index in [0.29, 0.717) is 18.5 Å². The zero-order valence-electron chi connectivity index (χ0n) is 9.53. The molecule has 0 fully saturated rings. The van der Waals surface area contributed by atoms with Gasteiger partial charge in [0.15, 0.2) is 0 Å². The van der Waals surface area contributed by atoms with Crippen LogP contribution in [0.15, 0.2) is 15.9 Å². The largest absolute Gasteiger partial charge is 0.329 e. The summed E-state index contributed by atoms with van der Waals surface area (Å²) < 4.78 is 1.18. The van der Waals surface area contributed by atoms with Crippen molar-refractivity contribution in [2.75, 3.05) is 20.1 Å². The van der Waals surface area contributed by atoms with Crippen molar-refractivity contribution in [2.24, 2.45) is 11.7 Å². The van der Waals surface area contributed by atoms with Crippen molar-refractivity contribution in [3.63, 3.8) is 0 Å². The smallest absolute Gasteiger partial charge is 0.0573 e. The first kappa shape index (κ1) is 13.2. The molecule has 1 rings (SSSR count). The van der Waals surface area contributed by atoms with Gasteiger partial charge in [-0.1, -0.05) is 13.8 Å². The molecule has 2 nitrogen and oxygen atoms in total. The third-order valence-corrected chi connectivity index (χ3v) is 4.33. The molecule has 0 spiro atoms. The second-order valence-electron chi connectivity index (χ2n) is 4.22. The van der Waals surface area contributed by atoms with Crippen molar-refractivity contribution >= 4 is 27.3 Å². The number of rotatable bonds is 5. The summed E-state index contributed by atoms with van der Waals surface area (Å²) in [4.78, 5) is 3.67. The van der Waals surface area contributed by atoms with Gasteiger partial charge in [0.25, 0.3) is 0 Å². The highest BCUT2D eigenvalue weighted by Gasteiger charge is 2.19. The molecule has 0 bridgehead atoms. The minimum Gasteiger partial charge on any atom is -0.329 e. The lowest BCUT2D eigenvalue weighted by molar-refractivity contribution is 0.226. The molecule has 0 aliphatic heterocycles. The minimum atomic E-state index is 0.335. The first-order valence-electron chi connectivity index (χ1n) is 5.19. The molecule has 0 amide bonds. The highest BCUT2D eigenvalue weighted by Crippen LogP contribution is 2.31. The average Bonchev–Trinajstić information content (AvgIpc) is 2.52. The summed E-state index contributed by atoms with van der Waals surface area (Å²) >= 11 is 5.34. The van der Waals surface area contributed by atoms with Crippen LogP contribution in [0.5, 0.6) is 0 Å². The lowest BCUT2D eigenvalue weighted by atomic mass is 10.1. The number of thiophene rings is 1. The Balaban J connectivity index is 2.75. The van der Waals surface area contributed by atoms with Crippen molar-refractivity contribution in [3.8, 4) is 0 Å².